The molecule has 0 fully saturated rings. The maximum atomic E-state index is 11.9. The van der Waals surface area contributed by atoms with E-state index in [4.69, 9.17) is 9.84 Å². The average molecular weight is 292 g/mol. The van der Waals surface area contributed by atoms with E-state index in [1.165, 1.54) is 12.2 Å². The Labute approximate surface area is 123 Å². The summed E-state index contributed by atoms with van der Waals surface area (Å²) in [5.74, 6) is -2.25. The Morgan fingerprint density at radius 2 is 2.05 bits per heavy atom. The molecule has 1 unspecified atom stereocenters. The zero-order chi connectivity index (χ0) is 16.0. The Kier molecular flexibility index (Phi) is 5.67. The first-order valence-electron chi connectivity index (χ1n) is 6.64. The van der Waals surface area contributed by atoms with Crippen molar-refractivity contribution in [2.24, 2.45) is 0 Å². The number of ether oxygens (including phenoxy) is 1. The highest BCUT2D eigenvalue weighted by Crippen LogP contribution is 2.18. The number of carbonyl (C=O) groups is 2. The molecule has 0 aliphatic rings. The second-order valence-electron chi connectivity index (χ2n) is 5.20. The van der Waals surface area contributed by atoms with Crippen LogP contribution in [-0.4, -0.2) is 33.9 Å². The zero-order valence-electron chi connectivity index (χ0n) is 12.4. The lowest BCUT2D eigenvalue weighted by Crippen LogP contribution is -2.41. The first kappa shape index (κ1) is 16.9. The third-order valence-corrected chi connectivity index (χ3v) is 2.71. The van der Waals surface area contributed by atoms with E-state index in [9.17, 15) is 14.7 Å². The van der Waals surface area contributed by atoms with Crippen molar-refractivity contribution >= 4 is 18.0 Å². The van der Waals surface area contributed by atoms with Crippen molar-refractivity contribution in [2.75, 3.05) is 0 Å². The van der Waals surface area contributed by atoms with Crippen molar-refractivity contribution in [1.82, 2.24) is 0 Å². The van der Waals surface area contributed by atoms with Crippen LogP contribution in [0.2, 0.25) is 0 Å². The van der Waals surface area contributed by atoms with E-state index in [0.717, 1.165) is 11.1 Å². The summed E-state index contributed by atoms with van der Waals surface area (Å²) in [5, 5.41) is 19.2. The summed E-state index contributed by atoms with van der Waals surface area (Å²) in [7, 11) is 0. The van der Waals surface area contributed by atoms with Crippen LogP contribution in [-0.2, 0) is 14.3 Å². The van der Waals surface area contributed by atoms with E-state index in [-0.39, 0.29) is 0 Å². The summed E-state index contributed by atoms with van der Waals surface area (Å²) >= 11 is 0. The smallest absolute Gasteiger partial charge is 0.343 e. The average Bonchev–Trinajstić information content (AvgIpc) is 2.35. The van der Waals surface area contributed by atoms with E-state index in [2.05, 4.69) is 0 Å². The van der Waals surface area contributed by atoms with Crippen LogP contribution in [0.25, 0.3) is 6.08 Å². The van der Waals surface area contributed by atoms with Gasteiger partial charge in [0.05, 0.1) is 12.5 Å². The Hall–Kier alpha value is -2.14. The molecule has 1 aromatic rings. The van der Waals surface area contributed by atoms with Crippen molar-refractivity contribution < 1.29 is 24.5 Å². The maximum Gasteiger partial charge on any atom is 0.343 e. The van der Waals surface area contributed by atoms with Crippen molar-refractivity contribution in [3.05, 3.63) is 41.5 Å². The van der Waals surface area contributed by atoms with E-state index in [1.54, 1.807) is 19.9 Å². The molecule has 0 radical (unpaired) electrons. The van der Waals surface area contributed by atoms with Gasteiger partial charge in [-0.1, -0.05) is 35.9 Å². The molecular weight excluding hydrogens is 272 g/mol. The number of esters is 1. The number of aryl methyl sites for hydroxylation is 1. The predicted octanol–water partition coefficient (Wildman–Crippen LogP) is 2.17. The largest absolute Gasteiger partial charge is 0.481 e. The Morgan fingerprint density at radius 1 is 1.38 bits per heavy atom. The van der Waals surface area contributed by atoms with Gasteiger partial charge >= 0.3 is 11.9 Å². The first-order valence-corrected chi connectivity index (χ1v) is 6.64. The van der Waals surface area contributed by atoms with Gasteiger partial charge in [-0.25, -0.2) is 4.79 Å². The molecule has 0 saturated carbocycles. The van der Waals surface area contributed by atoms with Crippen molar-refractivity contribution in [3.8, 4) is 0 Å². The molecule has 5 heteroatoms. The Bertz CT molecular complexity index is 547. The zero-order valence-corrected chi connectivity index (χ0v) is 12.4. The van der Waals surface area contributed by atoms with Gasteiger partial charge in [0, 0.05) is 0 Å². The quantitative estimate of drug-likeness (QED) is 0.785. The number of hydrogen-bond acceptors (Lipinski definition) is 4. The van der Waals surface area contributed by atoms with Crippen LogP contribution in [0.4, 0.5) is 0 Å². The lowest BCUT2D eigenvalue weighted by atomic mass is 9.97. The number of aliphatic carboxylic acids is 1. The van der Waals surface area contributed by atoms with Gasteiger partial charge in [0.2, 0.25) is 0 Å². The normalized spacial score (nSPS) is 14.1. The molecule has 5 nitrogen and oxygen atoms in total. The molecule has 21 heavy (non-hydrogen) atoms. The fraction of sp³-hybridized carbons (Fsp3) is 0.375. The van der Waals surface area contributed by atoms with Crippen LogP contribution < -0.4 is 0 Å². The fourth-order valence-corrected chi connectivity index (χ4v) is 1.75. The van der Waals surface area contributed by atoms with Crippen LogP contribution in [0.3, 0.4) is 0 Å². The molecule has 2 N–H and O–H groups in total. The third-order valence-electron chi connectivity index (χ3n) is 2.71. The third kappa shape index (κ3) is 5.39. The number of carbonyl (C=O) groups excluding carboxylic acids is 1. The van der Waals surface area contributed by atoms with E-state index in [1.807, 2.05) is 25.1 Å². The van der Waals surface area contributed by atoms with Crippen molar-refractivity contribution in [2.45, 2.75) is 38.9 Å². The predicted molar refractivity (Wildman–Crippen MR) is 78.6 cm³/mol. The standard InChI is InChI=1S/C16H20O5/c1-11(2)21-15(19)16(20,10-14(17)18)8-7-13-6-4-5-12(3)9-13/h4-9,11,20H,10H2,1-3H3,(H,17,18)/b8-7+. The molecule has 0 aliphatic heterocycles. The lowest BCUT2D eigenvalue weighted by molar-refractivity contribution is -0.169. The summed E-state index contributed by atoms with van der Waals surface area (Å²) in [4.78, 5) is 22.8. The lowest BCUT2D eigenvalue weighted by Gasteiger charge is -2.22. The SMILES string of the molecule is Cc1cccc(/C=C/C(O)(CC(=O)O)C(=O)OC(C)C)c1. The first-order chi connectivity index (χ1) is 9.73. The topological polar surface area (TPSA) is 83.8 Å². The van der Waals surface area contributed by atoms with Gasteiger partial charge < -0.3 is 14.9 Å². The molecule has 0 saturated heterocycles. The van der Waals surface area contributed by atoms with Gasteiger partial charge in [-0.15, -0.1) is 0 Å². The van der Waals surface area contributed by atoms with Gasteiger partial charge in [0.1, 0.15) is 0 Å². The minimum absolute atomic E-state index is 0.440. The number of aliphatic hydroxyl groups is 1. The fourth-order valence-electron chi connectivity index (χ4n) is 1.75. The molecule has 0 heterocycles. The Balaban J connectivity index is 3.02. The molecule has 0 spiro atoms. The Morgan fingerprint density at radius 3 is 2.57 bits per heavy atom. The van der Waals surface area contributed by atoms with Gasteiger partial charge in [0.25, 0.3) is 0 Å². The van der Waals surface area contributed by atoms with E-state index < -0.39 is 30.1 Å². The minimum atomic E-state index is -2.18. The molecule has 0 aliphatic carbocycles. The highest BCUT2D eigenvalue weighted by atomic mass is 16.6. The number of benzene rings is 1. The van der Waals surface area contributed by atoms with Crippen molar-refractivity contribution in [1.29, 1.82) is 0 Å². The highest BCUT2D eigenvalue weighted by Gasteiger charge is 2.38. The van der Waals surface area contributed by atoms with Gasteiger partial charge in [-0.3, -0.25) is 4.79 Å². The van der Waals surface area contributed by atoms with Crippen LogP contribution in [0.1, 0.15) is 31.4 Å². The monoisotopic (exact) mass is 292 g/mol. The molecule has 0 bridgehead atoms. The van der Waals surface area contributed by atoms with Crippen LogP contribution in [0.15, 0.2) is 30.3 Å². The molecule has 0 amide bonds. The number of carboxylic acid groups (broad SMARTS) is 1. The minimum Gasteiger partial charge on any atom is -0.481 e. The molecular formula is C16H20O5. The summed E-state index contributed by atoms with van der Waals surface area (Å²) in [6.45, 7) is 5.17. The number of rotatable bonds is 6. The molecule has 114 valence electrons. The number of carboxylic acids is 1. The molecule has 0 aromatic heterocycles. The summed E-state index contributed by atoms with van der Waals surface area (Å²) in [6, 6.07) is 7.38. The van der Waals surface area contributed by atoms with E-state index in [0.29, 0.717) is 0 Å². The highest BCUT2D eigenvalue weighted by molar-refractivity contribution is 5.88. The van der Waals surface area contributed by atoms with Crippen LogP contribution in [0, 0.1) is 6.92 Å². The van der Waals surface area contributed by atoms with Gasteiger partial charge in [-0.2, -0.15) is 0 Å². The molecule has 1 aromatic carbocycles. The maximum absolute atomic E-state index is 11.9. The number of hydrogen-bond donors (Lipinski definition) is 2. The molecule has 1 atom stereocenters. The second-order valence-corrected chi connectivity index (χ2v) is 5.20. The van der Waals surface area contributed by atoms with Crippen LogP contribution >= 0.6 is 0 Å². The summed E-state index contributed by atoms with van der Waals surface area (Å²) in [6.07, 6.45) is 1.49. The second kappa shape index (κ2) is 7.04. The van der Waals surface area contributed by atoms with Crippen molar-refractivity contribution in [3.63, 3.8) is 0 Å². The van der Waals surface area contributed by atoms with Crippen LogP contribution in [0.5, 0.6) is 0 Å². The van der Waals surface area contributed by atoms with E-state index >= 15 is 0 Å². The summed E-state index contributed by atoms with van der Waals surface area (Å²) < 4.78 is 4.92. The van der Waals surface area contributed by atoms with Gasteiger partial charge in [0.15, 0.2) is 5.60 Å². The van der Waals surface area contributed by atoms with Gasteiger partial charge in [-0.05, 0) is 32.4 Å². The summed E-state index contributed by atoms with van der Waals surface area (Å²) in [5.41, 5.74) is -0.403. The molecule has 1 rings (SSSR count).